The van der Waals surface area contributed by atoms with Crippen molar-refractivity contribution in [2.45, 2.75) is 38.5 Å². The van der Waals surface area contributed by atoms with Crippen molar-refractivity contribution in [3.05, 3.63) is 28.7 Å². The van der Waals surface area contributed by atoms with E-state index in [-0.39, 0.29) is 11.8 Å². The lowest BCUT2D eigenvalue weighted by Gasteiger charge is -2.30. The topological polar surface area (TPSA) is 58.6 Å². The van der Waals surface area contributed by atoms with Gasteiger partial charge >= 0.3 is 0 Å². The quantitative estimate of drug-likeness (QED) is 0.612. The molecule has 2 aliphatic heterocycles. The van der Waals surface area contributed by atoms with Crippen LogP contribution in [0.4, 0.5) is 5.69 Å². The summed E-state index contributed by atoms with van der Waals surface area (Å²) in [7, 11) is 0. The lowest BCUT2D eigenvalue weighted by atomic mass is 10.0. The minimum Gasteiger partial charge on any atom is -0.490 e. The standard InChI is InChI=1S/C20H22N2O3S2/c23-18(8-6-13-3-1-2-4-13)22-9-10-25-16-7-5-14(11-15(16)22)12-17-19(24)21-20(26)27-17/h5,7,11-13H,1-4,6,8-10H2,(H,21,24,26). The number of fused-ring (bicyclic) bond motifs is 1. The number of thiocarbonyl (C=S) groups is 1. The third kappa shape index (κ3) is 4.19. The van der Waals surface area contributed by atoms with Crippen LogP contribution < -0.4 is 15.0 Å². The van der Waals surface area contributed by atoms with Gasteiger partial charge in [0.1, 0.15) is 16.7 Å². The van der Waals surface area contributed by atoms with Gasteiger partial charge in [-0.3, -0.25) is 9.59 Å². The molecule has 2 amide bonds. The van der Waals surface area contributed by atoms with E-state index in [0.29, 0.717) is 34.7 Å². The maximum Gasteiger partial charge on any atom is 0.263 e. The first kappa shape index (κ1) is 18.5. The fraction of sp³-hybridized carbons (Fsp3) is 0.450. The first-order chi connectivity index (χ1) is 13.1. The highest BCUT2D eigenvalue weighted by atomic mass is 32.2. The molecule has 1 aliphatic carbocycles. The number of ether oxygens (including phenoxy) is 1. The zero-order chi connectivity index (χ0) is 18.8. The van der Waals surface area contributed by atoms with Gasteiger partial charge in [0.25, 0.3) is 5.91 Å². The second-order valence-corrected chi connectivity index (χ2v) is 8.88. The van der Waals surface area contributed by atoms with E-state index < -0.39 is 0 Å². The summed E-state index contributed by atoms with van der Waals surface area (Å²) in [6.45, 7) is 1.07. The van der Waals surface area contributed by atoms with Crippen LogP contribution in [0.5, 0.6) is 5.75 Å². The molecule has 1 aromatic rings. The highest BCUT2D eigenvalue weighted by molar-refractivity contribution is 8.26. The Kier molecular flexibility index (Phi) is 5.50. The zero-order valence-electron chi connectivity index (χ0n) is 15.0. The predicted molar refractivity (Wildman–Crippen MR) is 112 cm³/mol. The Labute approximate surface area is 168 Å². The number of nitrogens with one attached hydrogen (secondary N) is 1. The van der Waals surface area contributed by atoms with Crippen LogP contribution in [0.2, 0.25) is 0 Å². The molecule has 0 atom stereocenters. The van der Waals surface area contributed by atoms with E-state index in [4.69, 9.17) is 17.0 Å². The summed E-state index contributed by atoms with van der Waals surface area (Å²) in [6, 6.07) is 5.69. The molecule has 3 aliphatic rings. The highest BCUT2D eigenvalue weighted by Gasteiger charge is 2.26. The van der Waals surface area contributed by atoms with Crippen LogP contribution >= 0.6 is 24.0 Å². The van der Waals surface area contributed by atoms with E-state index in [0.717, 1.165) is 23.4 Å². The van der Waals surface area contributed by atoms with E-state index in [9.17, 15) is 9.59 Å². The molecule has 5 nitrogen and oxygen atoms in total. The van der Waals surface area contributed by atoms with Crippen LogP contribution in [0.3, 0.4) is 0 Å². The molecule has 0 aromatic heterocycles. The smallest absolute Gasteiger partial charge is 0.263 e. The molecule has 0 spiro atoms. The van der Waals surface area contributed by atoms with Crippen molar-refractivity contribution >= 4 is 51.9 Å². The number of benzene rings is 1. The van der Waals surface area contributed by atoms with Crippen LogP contribution in [0.1, 0.15) is 44.1 Å². The number of amides is 2. The predicted octanol–water partition coefficient (Wildman–Crippen LogP) is 3.87. The summed E-state index contributed by atoms with van der Waals surface area (Å²) in [4.78, 5) is 27.1. The van der Waals surface area contributed by atoms with E-state index in [2.05, 4.69) is 5.32 Å². The number of thioether (sulfide) groups is 1. The van der Waals surface area contributed by atoms with Gasteiger partial charge in [-0.2, -0.15) is 0 Å². The average Bonchev–Trinajstić information content (AvgIpc) is 3.29. The Morgan fingerprint density at radius 2 is 2.19 bits per heavy atom. The van der Waals surface area contributed by atoms with Gasteiger partial charge in [0.2, 0.25) is 5.91 Å². The average molecular weight is 403 g/mol. The minimum atomic E-state index is -0.177. The number of anilines is 1. The van der Waals surface area contributed by atoms with Crippen molar-refractivity contribution < 1.29 is 14.3 Å². The molecule has 1 N–H and O–H groups in total. The van der Waals surface area contributed by atoms with E-state index >= 15 is 0 Å². The van der Waals surface area contributed by atoms with Crippen LogP contribution in [-0.2, 0) is 9.59 Å². The monoisotopic (exact) mass is 402 g/mol. The summed E-state index contributed by atoms with van der Waals surface area (Å²) in [6.07, 6.45) is 8.47. The van der Waals surface area contributed by atoms with E-state index in [1.165, 1.54) is 37.4 Å². The molecule has 0 bridgehead atoms. The molecular formula is C20H22N2O3S2. The number of nitrogens with zero attached hydrogens (tertiary/aromatic N) is 1. The lowest BCUT2D eigenvalue weighted by molar-refractivity contribution is -0.119. The van der Waals surface area contributed by atoms with Gasteiger partial charge in [-0.05, 0) is 36.1 Å². The number of rotatable bonds is 4. The van der Waals surface area contributed by atoms with Crippen molar-refractivity contribution in [3.63, 3.8) is 0 Å². The van der Waals surface area contributed by atoms with Gasteiger partial charge in [0.05, 0.1) is 17.1 Å². The number of hydrogen-bond acceptors (Lipinski definition) is 5. The second kappa shape index (κ2) is 8.02. The maximum absolute atomic E-state index is 12.8. The number of hydrogen-bond donors (Lipinski definition) is 1. The normalized spacial score (nSPS) is 21.3. The fourth-order valence-electron chi connectivity index (χ4n) is 3.92. The molecule has 7 heteroatoms. The molecule has 2 heterocycles. The first-order valence-corrected chi connectivity index (χ1v) is 10.6. The SMILES string of the molecule is O=C1NC(=S)SC1=Cc1ccc2c(c1)N(C(=O)CCC1CCCC1)CCO2. The Morgan fingerprint density at radius 3 is 2.93 bits per heavy atom. The lowest BCUT2D eigenvalue weighted by Crippen LogP contribution is -2.38. The zero-order valence-corrected chi connectivity index (χ0v) is 16.7. The summed E-state index contributed by atoms with van der Waals surface area (Å²) < 4.78 is 6.19. The summed E-state index contributed by atoms with van der Waals surface area (Å²) >= 11 is 6.29. The number of carbonyl (C=O) groups is 2. The Bertz CT molecular complexity index is 815. The molecule has 0 radical (unpaired) electrons. The first-order valence-electron chi connectivity index (χ1n) is 9.42. The van der Waals surface area contributed by atoms with Crippen molar-refractivity contribution in [1.82, 2.24) is 5.32 Å². The molecule has 142 valence electrons. The maximum atomic E-state index is 12.8. The van der Waals surface area contributed by atoms with Crippen LogP contribution in [-0.4, -0.2) is 29.3 Å². The van der Waals surface area contributed by atoms with Gasteiger partial charge in [-0.15, -0.1) is 0 Å². The third-order valence-corrected chi connectivity index (χ3v) is 6.49. The van der Waals surface area contributed by atoms with Gasteiger partial charge in [-0.25, -0.2) is 0 Å². The van der Waals surface area contributed by atoms with Crippen LogP contribution in [0, 0.1) is 5.92 Å². The summed E-state index contributed by atoms with van der Waals surface area (Å²) in [5.74, 6) is 1.40. The van der Waals surface area contributed by atoms with Gasteiger partial charge in [0, 0.05) is 6.42 Å². The Hall–Kier alpha value is -1.86. The molecule has 1 saturated carbocycles. The second-order valence-electron chi connectivity index (χ2n) is 7.16. The van der Waals surface area contributed by atoms with Gasteiger partial charge in [0.15, 0.2) is 0 Å². The fourth-order valence-corrected chi connectivity index (χ4v) is 4.96. The van der Waals surface area contributed by atoms with Crippen LogP contribution in [0.25, 0.3) is 6.08 Å². The molecule has 0 unspecified atom stereocenters. The third-order valence-electron chi connectivity index (χ3n) is 5.33. The van der Waals surface area contributed by atoms with Crippen molar-refractivity contribution in [3.8, 4) is 5.75 Å². The van der Waals surface area contributed by atoms with Gasteiger partial charge in [-0.1, -0.05) is 55.7 Å². The highest BCUT2D eigenvalue weighted by Crippen LogP contribution is 2.36. The summed E-state index contributed by atoms with van der Waals surface area (Å²) in [5, 5.41) is 2.62. The van der Waals surface area contributed by atoms with E-state index in [1.807, 2.05) is 23.1 Å². The molecule has 27 heavy (non-hydrogen) atoms. The molecule has 4 rings (SSSR count). The van der Waals surface area contributed by atoms with Crippen molar-refractivity contribution in [2.24, 2.45) is 5.92 Å². The van der Waals surface area contributed by atoms with Crippen LogP contribution in [0.15, 0.2) is 23.1 Å². The Morgan fingerprint density at radius 1 is 1.37 bits per heavy atom. The molecule has 1 aromatic carbocycles. The molecule has 1 saturated heterocycles. The van der Waals surface area contributed by atoms with E-state index in [1.54, 1.807) is 6.08 Å². The van der Waals surface area contributed by atoms with Crippen molar-refractivity contribution in [2.75, 3.05) is 18.1 Å². The largest absolute Gasteiger partial charge is 0.490 e. The van der Waals surface area contributed by atoms with Gasteiger partial charge < -0.3 is 15.0 Å². The minimum absolute atomic E-state index is 0.158. The summed E-state index contributed by atoms with van der Waals surface area (Å²) in [5.41, 5.74) is 1.65. The van der Waals surface area contributed by atoms with Crippen molar-refractivity contribution in [1.29, 1.82) is 0 Å². The number of carbonyl (C=O) groups excluding carboxylic acids is 2. The molecule has 2 fully saturated rings. The molecular weight excluding hydrogens is 380 g/mol. The Balaban J connectivity index is 1.52.